The Bertz CT molecular complexity index is 1250. The highest BCUT2D eigenvalue weighted by Gasteiger charge is 2.31. The van der Waals surface area contributed by atoms with Crippen molar-refractivity contribution in [2.75, 3.05) is 10.6 Å². The van der Waals surface area contributed by atoms with Crippen LogP contribution < -0.4 is 26.2 Å². The van der Waals surface area contributed by atoms with Crippen LogP contribution in [0.25, 0.3) is 0 Å². The summed E-state index contributed by atoms with van der Waals surface area (Å²) in [7, 11) is 0. The Morgan fingerprint density at radius 2 is 1.61 bits per heavy atom. The molecule has 0 bridgehead atoms. The molecule has 1 saturated carbocycles. The zero-order chi connectivity index (χ0) is 23.6. The van der Waals surface area contributed by atoms with Crippen molar-refractivity contribution >= 4 is 17.1 Å². The van der Waals surface area contributed by atoms with Crippen LogP contribution in [0.1, 0.15) is 36.8 Å². The second kappa shape index (κ2) is 8.98. The summed E-state index contributed by atoms with van der Waals surface area (Å²) in [5.41, 5.74) is -1.56. The maximum atomic E-state index is 12.9. The molecule has 3 aromatic rings. The quantitative estimate of drug-likeness (QED) is 0.523. The number of hydrogen-bond donors (Lipinski definition) is 2. The first-order chi connectivity index (χ1) is 15.7. The fourth-order valence-corrected chi connectivity index (χ4v) is 3.90. The second-order valence-corrected chi connectivity index (χ2v) is 7.98. The van der Waals surface area contributed by atoms with Crippen molar-refractivity contribution in [1.82, 2.24) is 0 Å². The number of anilines is 3. The van der Waals surface area contributed by atoms with E-state index in [1.165, 1.54) is 12.1 Å². The molecule has 0 saturated heterocycles. The van der Waals surface area contributed by atoms with Gasteiger partial charge in [0.15, 0.2) is 0 Å². The third-order valence-corrected chi connectivity index (χ3v) is 5.68. The number of nitrogens with zero attached hydrogens (tertiary/aromatic N) is 1. The van der Waals surface area contributed by atoms with Gasteiger partial charge in [0.1, 0.15) is 17.1 Å². The summed E-state index contributed by atoms with van der Waals surface area (Å²) in [6.07, 6.45) is -1.67. The van der Waals surface area contributed by atoms with Gasteiger partial charge in [-0.1, -0.05) is 6.07 Å². The van der Waals surface area contributed by atoms with Crippen molar-refractivity contribution in [1.29, 1.82) is 5.26 Å². The topological polar surface area (TPSA) is 91.2 Å². The molecular formula is C24H20F3N3O3. The van der Waals surface area contributed by atoms with E-state index in [0.29, 0.717) is 24.2 Å². The van der Waals surface area contributed by atoms with Crippen molar-refractivity contribution in [3.8, 4) is 11.8 Å². The lowest BCUT2D eigenvalue weighted by atomic mass is 9.92. The summed E-state index contributed by atoms with van der Waals surface area (Å²) < 4.78 is 44.7. The third kappa shape index (κ3) is 5.00. The van der Waals surface area contributed by atoms with Crippen LogP contribution in [0.4, 0.5) is 30.2 Å². The van der Waals surface area contributed by atoms with E-state index in [1.54, 1.807) is 24.3 Å². The molecule has 1 aliphatic rings. The molecular weight excluding hydrogens is 435 g/mol. The lowest BCUT2D eigenvalue weighted by Gasteiger charge is -2.31. The number of ether oxygens (including phenoxy) is 1. The molecule has 0 aliphatic heterocycles. The van der Waals surface area contributed by atoms with Gasteiger partial charge in [-0.25, -0.2) is 0 Å². The molecule has 0 spiro atoms. The van der Waals surface area contributed by atoms with Crippen LogP contribution in [-0.2, 0) is 6.18 Å². The van der Waals surface area contributed by atoms with Gasteiger partial charge >= 0.3 is 6.18 Å². The molecule has 0 heterocycles. The number of nitriles is 1. The maximum Gasteiger partial charge on any atom is 0.416 e. The highest BCUT2D eigenvalue weighted by Crippen LogP contribution is 2.32. The SMILES string of the molecule is N#Cc1ccc(OC2CCC(Nc3c(Nc4cccc(C(F)(F)F)c4)c(=O)c3=O)CC2)cc1. The smallest absolute Gasteiger partial charge is 0.416 e. The number of rotatable bonds is 6. The van der Waals surface area contributed by atoms with Crippen LogP contribution in [-0.4, -0.2) is 12.1 Å². The van der Waals surface area contributed by atoms with Crippen molar-refractivity contribution in [3.63, 3.8) is 0 Å². The van der Waals surface area contributed by atoms with E-state index in [4.69, 9.17) is 10.00 Å². The Balaban J connectivity index is 1.36. The predicted octanol–water partition coefficient (Wildman–Crippen LogP) is 4.72. The van der Waals surface area contributed by atoms with Crippen LogP contribution in [0.15, 0.2) is 58.1 Å². The minimum Gasteiger partial charge on any atom is -0.490 e. The van der Waals surface area contributed by atoms with Gasteiger partial charge in [-0.15, -0.1) is 0 Å². The van der Waals surface area contributed by atoms with Gasteiger partial charge in [-0.3, -0.25) is 9.59 Å². The van der Waals surface area contributed by atoms with Crippen LogP contribution in [0.5, 0.6) is 5.75 Å². The summed E-state index contributed by atoms with van der Waals surface area (Å²) in [4.78, 5) is 24.1. The first-order valence-electron chi connectivity index (χ1n) is 10.5. The van der Waals surface area contributed by atoms with Gasteiger partial charge in [-0.05, 0) is 68.1 Å². The number of halogens is 3. The van der Waals surface area contributed by atoms with E-state index in [-0.39, 0.29) is 29.2 Å². The molecule has 0 unspecified atom stereocenters. The van der Waals surface area contributed by atoms with Crippen molar-refractivity contribution in [2.24, 2.45) is 0 Å². The molecule has 0 aromatic heterocycles. The number of nitrogens with one attached hydrogen (secondary N) is 2. The van der Waals surface area contributed by atoms with E-state index >= 15 is 0 Å². The van der Waals surface area contributed by atoms with Gasteiger partial charge in [0.25, 0.3) is 10.9 Å². The molecule has 170 valence electrons. The Kier molecular flexibility index (Phi) is 6.09. The van der Waals surface area contributed by atoms with Crippen LogP contribution >= 0.6 is 0 Å². The molecule has 0 amide bonds. The molecule has 1 fully saturated rings. The van der Waals surface area contributed by atoms with Gasteiger partial charge in [-0.2, -0.15) is 18.4 Å². The standard InChI is InChI=1S/C24H20F3N3O3/c25-24(26,27)15-2-1-3-17(12-15)30-21-20(22(31)23(21)32)29-16-6-10-19(11-7-16)33-18-8-4-14(13-28)5-9-18/h1-5,8-9,12,16,19,29-30H,6-7,10-11H2. The van der Waals surface area contributed by atoms with E-state index in [1.807, 2.05) is 0 Å². The van der Waals surface area contributed by atoms with Crippen LogP contribution in [0.2, 0.25) is 0 Å². The minimum absolute atomic E-state index is 0.00797. The first-order valence-corrected chi connectivity index (χ1v) is 10.5. The lowest BCUT2D eigenvalue weighted by molar-refractivity contribution is -0.137. The van der Waals surface area contributed by atoms with E-state index in [0.717, 1.165) is 25.0 Å². The largest absolute Gasteiger partial charge is 0.490 e. The summed E-state index contributed by atoms with van der Waals surface area (Å²) in [5, 5.41) is 14.6. The molecule has 0 radical (unpaired) electrons. The fourth-order valence-electron chi connectivity index (χ4n) is 3.90. The number of benzene rings is 2. The molecule has 2 N–H and O–H groups in total. The molecule has 6 nitrogen and oxygen atoms in total. The summed E-state index contributed by atoms with van der Waals surface area (Å²) >= 11 is 0. The van der Waals surface area contributed by atoms with Gasteiger partial charge in [0, 0.05) is 11.7 Å². The van der Waals surface area contributed by atoms with E-state index in [2.05, 4.69) is 16.7 Å². The molecule has 3 aromatic carbocycles. The Hall–Kier alpha value is -3.80. The number of hydrogen-bond acceptors (Lipinski definition) is 6. The molecule has 1 aliphatic carbocycles. The van der Waals surface area contributed by atoms with Crippen molar-refractivity contribution in [3.05, 3.63) is 80.1 Å². The highest BCUT2D eigenvalue weighted by molar-refractivity contribution is 5.79. The predicted molar refractivity (Wildman–Crippen MR) is 118 cm³/mol. The van der Waals surface area contributed by atoms with Crippen LogP contribution in [0, 0.1) is 11.3 Å². The maximum absolute atomic E-state index is 12.9. The van der Waals surface area contributed by atoms with Crippen molar-refractivity contribution in [2.45, 2.75) is 44.0 Å². The zero-order valence-corrected chi connectivity index (χ0v) is 17.4. The van der Waals surface area contributed by atoms with Gasteiger partial charge in [0.2, 0.25) is 0 Å². The Morgan fingerprint density at radius 3 is 2.24 bits per heavy atom. The molecule has 0 atom stereocenters. The zero-order valence-electron chi connectivity index (χ0n) is 17.4. The first kappa shape index (κ1) is 22.4. The van der Waals surface area contributed by atoms with E-state index in [9.17, 15) is 22.8 Å². The van der Waals surface area contributed by atoms with Gasteiger partial charge < -0.3 is 15.4 Å². The monoisotopic (exact) mass is 455 g/mol. The summed E-state index contributed by atoms with van der Waals surface area (Å²) in [5.74, 6) is 0.681. The Morgan fingerprint density at radius 1 is 0.939 bits per heavy atom. The molecule has 33 heavy (non-hydrogen) atoms. The lowest BCUT2D eigenvalue weighted by Crippen LogP contribution is -2.40. The normalized spacial score (nSPS) is 18.5. The third-order valence-electron chi connectivity index (χ3n) is 5.68. The van der Waals surface area contributed by atoms with Crippen molar-refractivity contribution < 1.29 is 17.9 Å². The fraction of sp³-hybridized carbons (Fsp3) is 0.292. The summed E-state index contributed by atoms with van der Waals surface area (Å²) in [6, 6.07) is 13.3. The van der Waals surface area contributed by atoms with E-state index < -0.39 is 22.6 Å². The second-order valence-electron chi connectivity index (χ2n) is 7.98. The molecule has 4 rings (SSSR count). The summed E-state index contributed by atoms with van der Waals surface area (Å²) in [6.45, 7) is 0. The van der Waals surface area contributed by atoms with Gasteiger partial charge in [0.05, 0.1) is 23.3 Å². The van der Waals surface area contributed by atoms with Crippen LogP contribution in [0.3, 0.4) is 0 Å². The number of alkyl halides is 3. The Labute approximate surface area is 187 Å². The minimum atomic E-state index is -4.51. The average molecular weight is 455 g/mol. The highest BCUT2D eigenvalue weighted by atomic mass is 19.4. The molecule has 9 heteroatoms. The average Bonchev–Trinajstić information content (AvgIpc) is 2.82.